The van der Waals surface area contributed by atoms with Crippen LogP contribution in [0.15, 0.2) is 34.3 Å². The number of rotatable bonds is 5. The van der Waals surface area contributed by atoms with E-state index in [1.54, 1.807) is 14.0 Å². The van der Waals surface area contributed by atoms with Crippen LogP contribution in [-0.4, -0.2) is 39.8 Å². The molecule has 1 aromatic heterocycles. The molecule has 0 aliphatic carbocycles. The predicted molar refractivity (Wildman–Crippen MR) is 80.6 cm³/mol. The fraction of sp³-hybridized carbons (Fsp3) is 0.273. The Kier molecular flexibility index (Phi) is 4.78. The molecule has 1 amide bonds. The third kappa shape index (κ3) is 4.02. The van der Waals surface area contributed by atoms with Crippen LogP contribution in [0.5, 0.6) is 0 Å². The van der Waals surface area contributed by atoms with Gasteiger partial charge in [-0.1, -0.05) is 11.8 Å². The van der Waals surface area contributed by atoms with Gasteiger partial charge in [-0.05, 0) is 41.6 Å². The molecule has 0 aliphatic heterocycles. The Morgan fingerprint density at radius 3 is 2.50 bits per heavy atom. The summed E-state index contributed by atoms with van der Waals surface area (Å²) in [6.07, 6.45) is 0. The maximum absolute atomic E-state index is 12.1. The summed E-state index contributed by atoms with van der Waals surface area (Å²) < 4.78 is 23.8. The highest BCUT2D eigenvalue weighted by atomic mass is 32.2. The smallest absolute Gasteiger partial charge is 0.238 e. The average molecular weight is 342 g/mol. The van der Waals surface area contributed by atoms with Crippen LogP contribution >= 0.6 is 11.8 Å². The van der Waals surface area contributed by atoms with Crippen LogP contribution in [-0.2, 0) is 21.9 Å². The molecule has 0 radical (unpaired) electrons. The first-order chi connectivity index (χ1) is 10.3. The van der Waals surface area contributed by atoms with E-state index in [0.717, 1.165) is 0 Å². The predicted octanol–water partition coefficient (Wildman–Crippen LogP) is -0.0232. The van der Waals surface area contributed by atoms with Crippen molar-refractivity contribution in [1.82, 2.24) is 20.2 Å². The minimum atomic E-state index is -3.75. The van der Waals surface area contributed by atoms with Crippen LogP contribution < -0.4 is 10.5 Å². The number of aryl methyl sites for hydroxylation is 1. The number of nitrogens with two attached hydrogens (primary N) is 1. The van der Waals surface area contributed by atoms with Crippen molar-refractivity contribution in [2.75, 3.05) is 5.32 Å². The Balaban J connectivity index is 2.01. The molecule has 0 unspecified atom stereocenters. The Labute approximate surface area is 131 Å². The van der Waals surface area contributed by atoms with Gasteiger partial charge < -0.3 is 5.32 Å². The highest BCUT2D eigenvalue weighted by molar-refractivity contribution is 8.00. The van der Waals surface area contributed by atoms with Gasteiger partial charge in [-0.25, -0.2) is 18.2 Å². The van der Waals surface area contributed by atoms with Crippen molar-refractivity contribution in [3.63, 3.8) is 0 Å². The van der Waals surface area contributed by atoms with E-state index in [4.69, 9.17) is 5.14 Å². The quantitative estimate of drug-likeness (QED) is 0.729. The van der Waals surface area contributed by atoms with E-state index >= 15 is 0 Å². The molecule has 0 saturated carbocycles. The van der Waals surface area contributed by atoms with Crippen LogP contribution in [0, 0.1) is 0 Å². The van der Waals surface area contributed by atoms with Crippen molar-refractivity contribution in [2.24, 2.45) is 12.2 Å². The Hall–Kier alpha value is -1.98. The molecular formula is C11H14N6O3S2. The molecule has 0 saturated heterocycles. The molecule has 0 spiro atoms. The molecule has 3 N–H and O–H groups in total. The molecule has 0 bridgehead atoms. The number of amides is 1. The summed E-state index contributed by atoms with van der Waals surface area (Å²) in [6.45, 7) is 1.72. The fourth-order valence-corrected chi connectivity index (χ4v) is 2.77. The highest BCUT2D eigenvalue weighted by Gasteiger charge is 2.18. The van der Waals surface area contributed by atoms with Gasteiger partial charge >= 0.3 is 0 Å². The number of hydrogen-bond acceptors (Lipinski definition) is 7. The second-order valence-electron chi connectivity index (χ2n) is 4.40. The van der Waals surface area contributed by atoms with E-state index in [-0.39, 0.29) is 10.8 Å². The van der Waals surface area contributed by atoms with E-state index in [2.05, 4.69) is 20.8 Å². The minimum Gasteiger partial charge on any atom is -0.325 e. The Bertz CT molecular complexity index is 771. The van der Waals surface area contributed by atoms with Gasteiger partial charge in [0, 0.05) is 12.7 Å². The standard InChI is InChI=1S/C11H14N6O3S2/c1-7(21-11-14-15-16-17(11)2)10(18)13-8-3-5-9(6-4-8)22(12,19)20/h3-7H,1-2H3,(H,13,18)(H2,12,19,20)/t7-/m1/s1. The van der Waals surface area contributed by atoms with Gasteiger partial charge in [0.15, 0.2) is 0 Å². The summed E-state index contributed by atoms with van der Waals surface area (Å²) in [4.78, 5) is 12.1. The number of primary sulfonamides is 1. The van der Waals surface area contributed by atoms with E-state index in [1.807, 2.05) is 0 Å². The molecule has 118 valence electrons. The number of nitrogens with zero attached hydrogens (tertiary/aromatic N) is 4. The van der Waals surface area contributed by atoms with Gasteiger partial charge in [-0.2, -0.15) is 0 Å². The van der Waals surface area contributed by atoms with E-state index in [9.17, 15) is 13.2 Å². The van der Waals surface area contributed by atoms with Gasteiger partial charge in [0.05, 0.1) is 10.1 Å². The second kappa shape index (κ2) is 6.42. The molecule has 0 fully saturated rings. The van der Waals surface area contributed by atoms with E-state index in [1.165, 1.54) is 40.7 Å². The van der Waals surface area contributed by atoms with Crippen molar-refractivity contribution in [1.29, 1.82) is 0 Å². The zero-order valence-corrected chi connectivity index (χ0v) is 13.4. The summed E-state index contributed by atoms with van der Waals surface area (Å²) >= 11 is 1.21. The summed E-state index contributed by atoms with van der Waals surface area (Å²) in [7, 11) is -2.07. The number of aromatic nitrogens is 4. The molecule has 22 heavy (non-hydrogen) atoms. The molecule has 1 aromatic carbocycles. The van der Waals surface area contributed by atoms with E-state index < -0.39 is 15.3 Å². The van der Waals surface area contributed by atoms with Crippen molar-refractivity contribution >= 4 is 33.4 Å². The highest BCUT2D eigenvalue weighted by Crippen LogP contribution is 2.21. The summed E-state index contributed by atoms with van der Waals surface area (Å²) in [5.41, 5.74) is 0.473. The topological polar surface area (TPSA) is 133 Å². The van der Waals surface area contributed by atoms with Gasteiger partial charge in [-0.3, -0.25) is 4.79 Å². The molecular weight excluding hydrogens is 328 g/mol. The van der Waals surface area contributed by atoms with Crippen molar-refractivity contribution in [3.05, 3.63) is 24.3 Å². The van der Waals surface area contributed by atoms with Crippen LogP contribution in [0.1, 0.15) is 6.92 Å². The number of carbonyl (C=O) groups excluding carboxylic acids is 1. The first kappa shape index (κ1) is 16.4. The second-order valence-corrected chi connectivity index (χ2v) is 7.27. The first-order valence-electron chi connectivity index (χ1n) is 6.10. The number of tetrazole rings is 1. The molecule has 11 heteroatoms. The molecule has 2 rings (SSSR count). The summed E-state index contributed by atoms with van der Waals surface area (Å²) in [5, 5.41) is 18.7. The lowest BCUT2D eigenvalue weighted by atomic mass is 10.3. The number of nitrogens with one attached hydrogen (secondary N) is 1. The van der Waals surface area contributed by atoms with Crippen LogP contribution in [0.2, 0.25) is 0 Å². The van der Waals surface area contributed by atoms with Crippen molar-refractivity contribution in [3.8, 4) is 0 Å². The average Bonchev–Trinajstić information content (AvgIpc) is 2.84. The molecule has 9 nitrogen and oxygen atoms in total. The van der Waals surface area contributed by atoms with Gasteiger partial charge in [0.25, 0.3) is 0 Å². The SMILES string of the molecule is C[C@@H](Sc1nnnn1C)C(=O)Nc1ccc(S(N)(=O)=O)cc1. The Morgan fingerprint density at radius 1 is 1.36 bits per heavy atom. The number of carbonyl (C=O) groups is 1. The van der Waals surface area contributed by atoms with Crippen LogP contribution in [0.25, 0.3) is 0 Å². The molecule has 1 heterocycles. The lowest BCUT2D eigenvalue weighted by molar-refractivity contribution is -0.115. The molecule has 1 atom stereocenters. The number of hydrogen-bond donors (Lipinski definition) is 2. The lowest BCUT2D eigenvalue weighted by Gasteiger charge is -2.11. The van der Waals surface area contributed by atoms with Crippen LogP contribution in [0.3, 0.4) is 0 Å². The van der Waals surface area contributed by atoms with Crippen molar-refractivity contribution in [2.45, 2.75) is 22.2 Å². The number of anilines is 1. The maximum atomic E-state index is 12.1. The largest absolute Gasteiger partial charge is 0.325 e. The third-order valence-corrected chi connectivity index (χ3v) is 4.74. The first-order valence-corrected chi connectivity index (χ1v) is 8.52. The van der Waals surface area contributed by atoms with Crippen LogP contribution in [0.4, 0.5) is 5.69 Å². The van der Waals surface area contributed by atoms with Gasteiger partial charge in [0.1, 0.15) is 0 Å². The Morgan fingerprint density at radius 2 is 2.00 bits per heavy atom. The molecule has 0 aliphatic rings. The van der Waals surface area contributed by atoms with E-state index in [0.29, 0.717) is 10.8 Å². The summed E-state index contributed by atoms with van der Waals surface area (Å²) in [6, 6.07) is 5.60. The molecule has 2 aromatic rings. The number of benzene rings is 1. The van der Waals surface area contributed by atoms with Gasteiger partial charge in [0.2, 0.25) is 21.1 Å². The zero-order valence-electron chi connectivity index (χ0n) is 11.8. The van der Waals surface area contributed by atoms with Gasteiger partial charge in [-0.15, -0.1) is 5.10 Å². The minimum absolute atomic E-state index is 0.0157. The number of thioether (sulfide) groups is 1. The monoisotopic (exact) mass is 342 g/mol. The van der Waals surface area contributed by atoms with Crippen molar-refractivity contribution < 1.29 is 13.2 Å². The third-order valence-electron chi connectivity index (χ3n) is 2.68. The fourth-order valence-electron chi connectivity index (χ4n) is 1.50. The zero-order chi connectivity index (χ0) is 16.3. The lowest BCUT2D eigenvalue weighted by Crippen LogP contribution is -2.23. The summed E-state index contributed by atoms with van der Waals surface area (Å²) in [5.74, 6) is -0.253. The number of sulfonamides is 1. The normalized spacial score (nSPS) is 12.9. The maximum Gasteiger partial charge on any atom is 0.238 e.